The van der Waals surface area contributed by atoms with Crippen LogP contribution in [0.2, 0.25) is 0 Å². The van der Waals surface area contributed by atoms with Crippen molar-refractivity contribution < 1.29 is 13.2 Å². The van der Waals surface area contributed by atoms with Gasteiger partial charge >= 0.3 is 0 Å². The molecule has 0 amide bonds. The van der Waals surface area contributed by atoms with Gasteiger partial charge in [-0.1, -0.05) is 23.5 Å². The van der Waals surface area contributed by atoms with Crippen LogP contribution in [0.4, 0.5) is 5.69 Å². The van der Waals surface area contributed by atoms with Crippen molar-refractivity contribution in [1.82, 2.24) is 9.29 Å². The number of rotatable bonds is 6. The average Bonchev–Trinajstić information content (AvgIpc) is 2.85. The summed E-state index contributed by atoms with van der Waals surface area (Å²) < 4.78 is 27.4. The third-order valence-electron chi connectivity index (χ3n) is 3.62. The van der Waals surface area contributed by atoms with E-state index in [1.165, 1.54) is 18.4 Å². The monoisotopic (exact) mass is 367 g/mol. The molecule has 6 nitrogen and oxygen atoms in total. The number of Topliss-reactive ketones (excluding diaryl/α,β-unsaturated/α-hetero) is 1. The number of hydrogen-bond donors (Lipinski definition) is 1. The van der Waals surface area contributed by atoms with Gasteiger partial charge in [0.2, 0.25) is 10.0 Å². The van der Waals surface area contributed by atoms with Gasteiger partial charge in [-0.05, 0) is 38.6 Å². The Labute approximate surface area is 145 Å². The molecule has 0 saturated heterocycles. The van der Waals surface area contributed by atoms with E-state index in [0.29, 0.717) is 10.4 Å². The lowest BCUT2D eigenvalue weighted by Gasteiger charge is -2.03. The van der Waals surface area contributed by atoms with Gasteiger partial charge in [-0.2, -0.15) is 0 Å². The fourth-order valence-electron chi connectivity index (χ4n) is 2.34. The van der Waals surface area contributed by atoms with Crippen LogP contribution in [-0.4, -0.2) is 25.8 Å². The molecule has 0 saturated carbocycles. The largest absolute Gasteiger partial charge is 0.321 e. The van der Waals surface area contributed by atoms with E-state index in [2.05, 4.69) is 9.71 Å². The Hall–Kier alpha value is -1.77. The molecule has 0 fully saturated rings. The average molecular weight is 367 g/mol. The molecule has 24 heavy (non-hydrogen) atoms. The third kappa shape index (κ3) is 4.19. The molecule has 1 N–H and O–H groups in total. The summed E-state index contributed by atoms with van der Waals surface area (Å²) in [5, 5.41) is 0. The van der Waals surface area contributed by atoms with Gasteiger partial charge in [0.1, 0.15) is 0 Å². The Morgan fingerprint density at radius 1 is 1.29 bits per heavy atom. The summed E-state index contributed by atoms with van der Waals surface area (Å²) in [6, 6.07) is 7.05. The number of nitrogens with one attached hydrogen (secondary N) is 1. The number of carbonyl (C=O) groups is 1. The second kappa shape index (κ2) is 7.42. The van der Waals surface area contributed by atoms with Gasteiger partial charge in [0.25, 0.3) is 0 Å². The van der Waals surface area contributed by atoms with Crippen molar-refractivity contribution >= 4 is 32.8 Å². The van der Waals surface area contributed by atoms with Crippen LogP contribution >= 0.6 is 11.3 Å². The first-order chi connectivity index (χ1) is 11.3. The fraction of sp³-hybridized carbons (Fsp3) is 0.375. The molecule has 1 aromatic heterocycles. The summed E-state index contributed by atoms with van der Waals surface area (Å²) in [6.07, 6.45) is 0. The predicted octanol–water partition coefficient (Wildman–Crippen LogP) is 2.36. The number of benzene rings is 1. The van der Waals surface area contributed by atoms with Gasteiger partial charge < -0.3 is 4.57 Å². The van der Waals surface area contributed by atoms with Crippen molar-refractivity contribution in [1.29, 1.82) is 0 Å². The van der Waals surface area contributed by atoms with Crippen LogP contribution in [0, 0.1) is 6.92 Å². The lowest BCUT2D eigenvalue weighted by molar-refractivity contribution is 0.102. The van der Waals surface area contributed by atoms with E-state index < -0.39 is 10.0 Å². The van der Waals surface area contributed by atoms with Gasteiger partial charge in [-0.3, -0.25) is 4.79 Å². The molecule has 0 aliphatic carbocycles. The molecule has 2 aromatic rings. The smallest absolute Gasteiger partial charge is 0.215 e. The summed E-state index contributed by atoms with van der Waals surface area (Å²) in [6.45, 7) is 6.21. The van der Waals surface area contributed by atoms with Crippen molar-refractivity contribution in [3.63, 3.8) is 0 Å². The molecular weight excluding hydrogens is 346 g/mol. The van der Waals surface area contributed by atoms with E-state index in [1.807, 2.05) is 18.4 Å². The molecule has 0 radical (unpaired) electrons. The van der Waals surface area contributed by atoms with Crippen molar-refractivity contribution in [2.45, 2.75) is 33.1 Å². The zero-order chi connectivity index (χ0) is 17.9. The van der Waals surface area contributed by atoms with Crippen LogP contribution in [0.3, 0.4) is 0 Å². The van der Waals surface area contributed by atoms with Crippen LogP contribution in [0.15, 0.2) is 29.3 Å². The minimum absolute atomic E-state index is 0.0359. The maximum Gasteiger partial charge on any atom is 0.215 e. The van der Waals surface area contributed by atoms with Crippen LogP contribution in [0.1, 0.15) is 34.8 Å². The van der Waals surface area contributed by atoms with Crippen molar-refractivity contribution in [3.8, 4) is 0 Å². The number of sulfonamides is 1. The summed E-state index contributed by atoms with van der Waals surface area (Å²) in [7, 11) is -1.89. The van der Waals surface area contributed by atoms with Crippen LogP contribution in [-0.2, 0) is 22.3 Å². The quantitative estimate of drug-likeness (QED) is 0.796. The minimum atomic E-state index is -3.29. The fourth-order valence-corrected chi connectivity index (χ4v) is 4.22. The molecule has 8 heteroatoms. The highest BCUT2D eigenvalue weighted by molar-refractivity contribution is 7.88. The highest BCUT2D eigenvalue weighted by atomic mass is 32.2. The summed E-state index contributed by atoms with van der Waals surface area (Å²) >= 11 is 1.37. The van der Waals surface area contributed by atoms with E-state index in [9.17, 15) is 13.2 Å². The molecule has 0 aliphatic rings. The first-order valence-corrected chi connectivity index (χ1v) is 10.00. The Morgan fingerprint density at radius 2 is 1.92 bits per heavy atom. The Bertz CT molecular complexity index is 907. The standard InChI is InChI=1S/C16H21N3O3S2/c1-5-19-11(2)15(12(3)20)23-16(19)18-14-8-6-13(7-9-14)10-24(21,22)17-4/h6-9,17H,5,10H2,1-4H3/b18-16+. The lowest BCUT2D eigenvalue weighted by atomic mass is 10.2. The van der Waals surface area contributed by atoms with E-state index in [0.717, 1.165) is 22.7 Å². The zero-order valence-corrected chi connectivity index (χ0v) is 15.8. The number of aromatic nitrogens is 1. The van der Waals surface area contributed by atoms with Crippen LogP contribution in [0.5, 0.6) is 0 Å². The second-order valence-corrected chi connectivity index (χ2v) is 8.25. The molecule has 0 spiro atoms. The van der Waals surface area contributed by atoms with Gasteiger partial charge in [0, 0.05) is 19.2 Å². The van der Waals surface area contributed by atoms with Gasteiger partial charge in [0.05, 0.1) is 16.3 Å². The molecule has 130 valence electrons. The number of nitrogens with zero attached hydrogens (tertiary/aromatic N) is 2. The summed E-state index contributed by atoms with van der Waals surface area (Å²) in [5.41, 5.74) is 2.34. The molecule has 0 bridgehead atoms. The number of carbonyl (C=O) groups excluding carboxylic acids is 1. The van der Waals surface area contributed by atoms with E-state index >= 15 is 0 Å². The molecule has 1 aromatic carbocycles. The Balaban J connectivity index is 2.39. The zero-order valence-electron chi connectivity index (χ0n) is 14.2. The van der Waals surface area contributed by atoms with E-state index in [4.69, 9.17) is 0 Å². The first-order valence-electron chi connectivity index (χ1n) is 7.53. The molecule has 2 rings (SSSR count). The predicted molar refractivity (Wildman–Crippen MR) is 96.1 cm³/mol. The number of hydrogen-bond acceptors (Lipinski definition) is 5. The highest BCUT2D eigenvalue weighted by Crippen LogP contribution is 2.17. The van der Waals surface area contributed by atoms with E-state index in [1.54, 1.807) is 31.2 Å². The lowest BCUT2D eigenvalue weighted by Crippen LogP contribution is -2.20. The Morgan fingerprint density at radius 3 is 2.42 bits per heavy atom. The second-order valence-electron chi connectivity index (χ2n) is 5.34. The normalized spacial score (nSPS) is 12.6. The third-order valence-corrected chi connectivity index (χ3v) is 6.24. The van der Waals surface area contributed by atoms with Gasteiger partial charge in [-0.15, -0.1) is 0 Å². The molecule has 0 atom stereocenters. The number of ketones is 1. The minimum Gasteiger partial charge on any atom is -0.321 e. The van der Waals surface area contributed by atoms with Crippen LogP contribution < -0.4 is 9.52 Å². The number of thiazole rings is 1. The highest BCUT2D eigenvalue weighted by Gasteiger charge is 2.12. The summed E-state index contributed by atoms with van der Waals surface area (Å²) in [4.78, 5) is 17.8. The molecule has 0 unspecified atom stereocenters. The van der Waals surface area contributed by atoms with E-state index in [-0.39, 0.29) is 11.5 Å². The SMILES string of the molecule is CCn1c(C)c(C(C)=O)s/c1=N/c1ccc(CS(=O)(=O)NC)cc1. The van der Waals surface area contributed by atoms with Crippen molar-refractivity contribution in [3.05, 3.63) is 45.2 Å². The molecule has 1 heterocycles. The van der Waals surface area contributed by atoms with Crippen molar-refractivity contribution in [2.75, 3.05) is 7.05 Å². The van der Waals surface area contributed by atoms with Gasteiger partial charge in [0.15, 0.2) is 10.6 Å². The Kier molecular flexibility index (Phi) is 5.74. The molecule has 0 aliphatic heterocycles. The topological polar surface area (TPSA) is 80.5 Å². The van der Waals surface area contributed by atoms with Crippen LogP contribution in [0.25, 0.3) is 0 Å². The maximum absolute atomic E-state index is 11.7. The van der Waals surface area contributed by atoms with Gasteiger partial charge in [-0.25, -0.2) is 18.1 Å². The first kappa shape index (κ1) is 18.6. The summed E-state index contributed by atoms with van der Waals surface area (Å²) in [5.74, 6) is -0.0283. The molecular formula is C16H21N3O3S2. The van der Waals surface area contributed by atoms with Crippen molar-refractivity contribution in [2.24, 2.45) is 4.99 Å². The maximum atomic E-state index is 11.7.